The lowest BCUT2D eigenvalue weighted by atomic mass is 9.85. The third-order valence-corrected chi connectivity index (χ3v) is 8.08. The van der Waals surface area contributed by atoms with Crippen LogP contribution in [0.4, 0.5) is 0 Å². The Morgan fingerprint density at radius 3 is 2.72 bits per heavy atom. The van der Waals surface area contributed by atoms with Crippen LogP contribution in [0, 0.1) is 5.92 Å². The first-order chi connectivity index (χ1) is 13.9. The number of nitrogens with zero attached hydrogens (tertiary/aromatic N) is 1. The molecule has 0 aromatic heterocycles. The summed E-state index contributed by atoms with van der Waals surface area (Å²) in [5.74, 6) is -0.697. The van der Waals surface area contributed by atoms with Gasteiger partial charge < -0.3 is 26.4 Å². The fraction of sp³-hybridized carbons (Fsp3) is 0.842. The molecular formula is C19H31N5O4S. The average molecular weight is 426 g/mol. The Morgan fingerprint density at radius 1 is 1.17 bits per heavy atom. The molecule has 1 aliphatic carbocycles. The van der Waals surface area contributed by atoms with Crippen molar-refractivity contribution in [1.82, 2.24) is 20.9 Å². The summed E-state index contributed by atoms with van der Waals surface area (Å²) in [4.78, 5) is 37.9. The molecule has 0 bridgehead atoms. The summed E-state index contributed by atoms with van der Waals surface area (Å²) < 4.78 is 0. The van der Waals surface area contributed by atoms with Gasteiger partial charge in [-0.05, 0) is 31.6 Å². The number of aliphatic carboxylic acids is 1. The zero-order chi connectivity index (χ0) is 20.5. The molecule has 3 aliphatic heterocycles. The molecule has 3 heterocycles. The minimum Gasteiger partial charge on any atom is -0.480 e. The van der Waals surface area contributed by atoms with E-state index in [4.69, 9.17) is 10.8 Å². The summed E-state index contributed by atoms with van der Waals surface area (Å²) in [6, 6.07) is -0.498. The van der Waals surface area contributed by atoms with Gasteiger partial charge in [-0.3, -0.25) is 19.7 Å². The second-order valence-corrected chi connectivity index (χ2v) is 10.1. The highest BCUT2D eigenvalue weighted by Crippen LogP contribution is 2.35. The van der Waals surface area contributed by atoms with E-state index in [1.54, 1.807) is 11.8 Å². The number of hydrogen-bond donors (Lipinski definition) is 5. The first kappa shape index (κ1) is 20.9. The Balaban J connectivity index is 1.26. The van der Waals surface area contributed by atoms with E-state index >= 15 is 0 Å². The Hall–Kier alpha value is -1.36. The molecule has 9 nitrogen and oxygen atoms in total. The number of fused-ring (bicyclic) bond motifs is 2. The fourth-order valence-corrected chi connectivity index (χ4v) is 6.63. The number of carboxylic acids is 1. The van der Waals surface area contributed by atoms with Crippen LogP contribution in [0.1, 0.15) is 44.9 Å². The summed E-state index contributed by atoms with van der Waals surface area (Å²) in [6.07, 6.45) is 6.53. The van der Waals surface area contributed by atoms with E-state index in [1.165, 1.54) is 25.7 Å². The van der Waals surface area contributed by atoms with Crippen molar-refractivity contribution >= 4 is 29.5 Å². The van der Waals surface area contributed by atoms with Crippen LogP contribution in [0.3, 0.4) is 0 Å². The highest BCUT2D eigenvalue weighted by molar-refractivity contribution is 8.00. The largest absolute Gasteiger partial charge is 0.480 e. The van der Waals surface area contributed by atoms with Crippen LogP contribution in [0.15, 0.2) is 0 Å². The van der Waals surface area contributed by atoms with E-state index in [-0.39, 0.29) is 41.1 Å². The summed E-state index contributed by atoms with van der Waals surface area (Å²) in [5.41, 5.74) is 5.15. The van der Waals surface area contributed by atoms with Crippen molar-refractivity contribution in [1.29, 1.82) is 0 Å². The van der Waals surface area contributed by atoms with Crippen LogP contribution < -0.4 is 21.7 Å². The van der Waals surface area contributed by atoms with E-state index in [0.717, 1.165) is 19.4 Å². The lowest BCUT2D eigenvalue weighted by Gasteiger charge is -2.35. The molecule has 3 saturated heterocycles. The summed E-state index contributed by atoms with van der Waals surface area (Å²) in [6.45, 7) is 1.40. The van der Waals surface area contributed by atoms with Crippen molar-refractivity contribution in [3.05, 3.63) is 0 Å². The zero-order valence-electron chi connectivity index (χ0n) is 16.5. The standard InChI is InChI=1S/C19H31N5O4S/c20-11(18(27)28)8-16(25)23-19-22-13-5-6-24(9-15(13)29-19)17(26)14-7-10-3-1-2-4-12(10)21-14/h10-15,19,21-22H,1-9,20H2,(H,23,25)(H,27,28)/t10?,11-,12?,13?,14?,15?,19?/m0/s1. The number of nitrogens with two attached hydrogens (primary N) is 1. The predicted octanol–water partition coefficient (Wildman–Crippen LogP) is -0.585. The number of piperidine rings is 1. The zero-order valence-corrected chi connectivity index (χ0v) is 17.3. The summed E-state index contributed by atoms with van der Waals surface area (Å²) in [7, 11) is 0. The Bertz CT molecular complexity index is 651. The lowest BCUT2D eigenvalue weighted by Crippen LogP contribution is -2.54. The van der Waals surface area contributed by atoms with E-state index in [0.29, 0.717) is 18.5 Å². The number of hydrogen-bond acceptors (Lipinski definition) is 7. The topological polar surface area (TPSA) is 137 Å². The molecule has 4 rings (SSSR count). The molecule has 4 fully saturated rings. The third kappa shape index (κ3) is 4.70. The Morgan fingerprint density at radius 2 is 1.97 bits per heavy atom. The average Bonchev–Trinajstić information content (AvgIpc) is 3.29. The lowest BCUT2D eigenvalue weighted by molar-refractivity contribution is -0.140. The number of carbonyl (C=O) groups excluding carboxylic acids is 2. The van der Waals surface area contributed by atoms with Gasteiger partial charge in [0.1, 0.15) is 11.5 Å². The second-order valence-electron chi connectivity index (χ2n) is 8.72. The number of thioether (sulfide) groups is 1. The van der Waals surface area contributed by atoms with Crippen molar-refractivity contribution in [3.63, 3.8) is 0 Å². The monoisotopic (exact) mass is 425 g/mol. The second kappa shape index (κ2) is 8.79. The quantitative estimate of drug-likeness (QED) is 0.394. The molecule has 1 saturated carbocycles. The molecule has 0 radical (unpaired) electrons. The summed E-state index contributed by atoms with van der Waals surface area (Å²) >= 11 is 1.60. The molecule has 0 aromatic carbocycles. The van der Waals surface area contributed by atoms with Gasteiger partial charge in [-0.15, -0.1) is 11.8 Å². The van der Waals surface area contributed by atoms with Crippen molar-refractivity contribution in [3.8, 4) is 0 Å². The highest BCUT2D eigenvalue weighted by Gasteiger charge is 2.44. The molecule has 10 heteroatoms. The van der Waals surface area contributed by atoms with E-state index in [9.17, 15) is 14.4 Å². The van der Waals surface area contributed by atoms with Crippen LogP contribution in [0.25, 0.3) is 0 Å². The van der Waals surface area contributed by atoms with Gasteiger partial charge in [-0.1, -0.05) is 12.8 Å². The number of nitrogens with one attached hydrogen (secondary N) is 3. The first-order valence-electron chi connectivity index (χ1n) is 10.6. The van der Waals surface area contributed by atoms with Crippen molar-refractivity contribution in [2.24, 2.45) is 11.7 Å². The van der Waals surface area contributed by atoms with E-state index in [2.05, 4.69) is 16.0 Å². The number of amides is 2. The number of likely N-dealkylation sites (tertiary alicyclic amines) is 1. The van der Waals surface area contributed by atoms with Crippen LogP contribution in [0.5, 0.6) is 0 Å². The van der Waals surface area contributed by atoms with Gasteiger partial charge >= 0.3 is 5.97 Å². The van der Waals surface area contributed by atoms with Crippen LogP contribution in [0.2, 0.25) is 0 Å². The molecule has 6 N–H and O–H groups in total. The minimum absolute atomic E-state index is 0.0491. The molecule has 2 amide bonds. The van der Waals surface area contributed by atoms with Gasteiger partial charge in [-0.2, -0.15) is 0 Å². The smallest absolute Gasteiger partial charge is 0.321 e. The third-order valence-electron chi connectivity index (χ3n) is 6.72. The molecule has 0 aromatic rings. The van der Waals surface area contributed by atoms with Crippen molar-refractivity contribution in [2.75, 3.05) is 13.1 Å². The van der Waals surface area contributed by atoms with Gasteiger partial charge in [0.15, 0.2) is 0 Å². The maximum absolute atomic E-state index is 13.1. The van der Waals surface area contributed by atoms with E-state index < -0.39 is 12.0 Å². The van der Waals surface area contributed by atoms with Gasteiger partial charge in [0.2, 0.25) is 11.8 Å². The molecule has 162 valence electrons. The number of carbonyl (C=O) groups is 3. The Labute approximate surface area is 174 Å². The van der Waals surface area contributed by atoms with Gasteiger partial charge in [0, 0.05) is 30.4 Å². The maximum atomic E-state index is 13.1. The number of rotatable bonds is 5. The van der Waals surface area contributed by atoms with E-state index in [1.807, 2.05) is 4.90 Å². The molecule has 0 spiro atoms. The van der Waals surface area contributed by atoms with Crippen LogP contribution >= 0.6 is 11.8 Å². The first-order valence-corrected chi connectivity index (χ1v) is 11.6. The van der Waals surface area contributed by atoms with Crippen molar-refractivity contribution < 1.29 is 19.5 Å². The van der Waals surface area contributed by atoms with Crippen LogP contribution in [-0.2, 0) is 14.4 Å². The molecule has 29 heavy (non-hydrogen) atoms. The Kier molecular flexibility index (Phi) is 6.33. The fourth-order valence-electron chi connectivity index (χ4n) is 5.15. The summed E-state index contributed by atoms with van der Waals surface area (Å²) in [5, 5.41) is 18.8. The minimum atomic E-state index is -1.20. The maximum Gasteiger partial charge on any atom is 0.321 e. The SMILES string of the molecule is N[C@@H](CC(=O)NC1NC2CCN(C(=O)C3CC4CCCCC4N3)CC2S1)C(=O)O. The number of carboxylic acid groups (broad SMARTS) is 1. The molecular weight excluding hydrogens is 394 g/mol. The molecule has 6 unspecified atom stereocenters. The van der Waals surface area contributed by atoms with Gasteiger partial charge in [-0.25, -0.2) is 0 Å². The molecule has 4 aliphatic rings. The van der Waals surface area contributed by atoms with Crippen LogP contribution in [-0.4, -0.2) is 75.8 Å². The predicted molar refractivity (Wildman–Crippen MR) is 109 cm³/mol. The van der Waals surface area contributed by atoms with Gasteiger partial charge in [0.05, 0.1) is 12.5 Å². The van der Waals surface area contributed by atoms with Crippen molar-refractivity contribution in [2.45, 2.75) is 79.9 Å². The van der Waals surface area contributed by atoms with Gasteiger partial charge in [0.25, 0.3) is 0 Å². The highest BCUT2D eigenvalue weighted by atomic mass is 32.2. The molecule has 7 atom stereocenters. The normalized spacial score (nSPS) is 37.5.